The monoisotopic (exact) mass is 584 g/mol. The summed E-state index contributed by atoms with van der Waals surface area (Å²) in [5, 5.41) is 3.96. The summed E-state index contributed by atoms with van der Waals surface area (Å²) in [6.45, 7) is 3.15. The van der Waals surface area contributed by atoms with Gasteiger partial charge in [0.15, 0.2) is 16.6 Å². The largest absolute Gasteiger partial charge is 0.493 e. The second kappa shape index (κ2) is 12.3. The Balaban J connectivity index is 1.60. The van der Waals surface area contributed by atoms with Gasteiger partial charge in [-0.3, -0.25) is 0 Å². The third-order valence-corrected chi connectivity index (χ3v) is 6.94. The van der Waals surface area contributed by atoms with Crippen molar-refractivity contribution in [2.24, 2.45) is 0 Å². The number of anilines is 1. The van der Waals surface area contributed by atoms with Gasteiger partial charge in [-0.1, -0.05) is 22.0 Å². The predicted molar refractivity (Wildman–Crippen MR) is 151 cm³/mol. The van der Waals surface area contributed by atoms with E-state index in [-0.39, 0.29) is 12.0 Å². The molecule has 0 spiro atoms. The molecule has 0 bridgehead atoms. The molecule has 1 aliphatic rings. The number of nitrogens with zero attached hydrogens (tertiary/aromatic N) is 1. The summed E-state index contributed by atoms with van der Waals surface area (Å²) in [4.78, 5) is 14.1. The first-order valence-corrected chi connectivity index (χ1v) is 13.1. The van der Waals surface area contributed by atoms with Crippen LogP contribution in [0.1, 0.15) is 34.5 Å². The molecule has 37 heavy (non-hydrogen) atoms. The zero-order valence-electron chi connectivity index (χ0n) is 21.0. The van der Waals surface area contributed by atoms with Crippen LogP contribution in [-0.4, -0.2) is 50.0 Å². The zero-order chi connectivity index (χ0) is 26.4. The van der Waals surface area contributed by atoms with Crippen LogP contribution in [0.3, 0.4) is 0 Å². The summed E-state index contributed by atoms with van der Waals surface area (Å²) in [6.07, 6.45) is 0.792. The van der Waals surface area contributed by atoms with E-state index in [1.54, 1.807) is 45.4 Å². The number of carbonyl (C=O) groups is 1. The maximum Gasteiger partial charge on any atom is 0.338 e. The fraction of sp³-hybridized carbons (Fsp3) is 0.286. The van der Waals surface area contributed by atoms with Gasteiger partial charge in [0.25, 0.3) is 0 Å². The fourth-order valence-electron chi connectivity index (χ4n) is 4.29. The molecule has 1 atom stereocenters. The first-order chi connectivity index (χ1) is 17.9. The minimum absolute atomic E-state index is 0.180. The van der Waals surface area contributed by atoms with Gasteiger partial charge >= 0.3 is 5.97 Å². The zero-order valence-corrected chi connectivity index (χ0v) is 23.4. The Labute approximate surface area is 230 Å². The molecular formula is C28H29BrN2O5S. The second-order valence-electron chi connectivity index (χ2n) is 8.36. The molecule has 0 saturated carbocycles. The minimum atomic E-state index is -0.355. The molecule has 1 aliphatic heterocycles. The number of thiocarbonyl (C=S) groups is 1. The number of benzene rings is 3. The number of halogens is 1. The van der Waals surface area contributed by atoms with Crippen molar-refractivity contribution < 1.29 is 23.7 Å². The molecule has 0 amide bonds. The Hall–Kier alpha value is -3.30. The topological polar surface area (TPSA) is 69.3 Å². The van der Waals surface area contributed by atoms with Crippen molar-refractivity contribution in [1.29, 1.82) is 0 Å². The highest BCUT2D eigenvalue weighted by molar-refractivity contribution is 9.10. The van der Waals surface area contributed by atoms with Gasteiger partial charge in [0, 0.05) is 16.7 Å². The van der Waals surface area contributed by atoms with Crippen molar-refractivity contribution >= 4 is 44.9 Å². The number of hydrogen-bond donors (Lipinski definition) is 1. The molecular weight excluding hydrogens is 556 g/mol. The minimum Gasteiger partial charge on any atom is -0.493 e. The lowest BCUT2D eigenvalue weighted by Crippen LogP contribution is -2.44. The van der Waals surface area contributed by atoms with Crippen molar-refractivity contribution in [2.75, 3.05) is 39.3 Å². The van der Waals surface area contributed by atoms with Crippen molar-refractivity contribution in [3.63, 3.8) is 0 Å². The van der Waals surface area contributed by atoms with Gasteiger partial charge in [0.05, 0.1) is 32.4 Å². The van der Waals surface area contributed by atoms with Crippen LogP contribution in [0.5, 0.6) is 17.2 Å². The van der Waals surface area contributed by atoms with Crippen molar-refractivity contribution in [2.45, 2.75) is 19.4 Å². The number of methoxy groups -OCH3 is 2. The molecule has 0 aliphatic carbocycles. The summed E-state index contributed by atoms with van der Waals surface area (Å²) in [5.41, 5.74) is 3.60. The van der Waals surface area contributed by atoms with Crippen LogP contribution in [0.4, 0.5) is 5.69 Å². The molecule has 3 aromatic carbocycles. The number of esters is 1. The highest BCUT2D eigenvalue weighted by Gasteiger charge is 2.31. The average Bonchev–Trinajstić information content (AvgIpc) is 2.91. The summed E-state index contributed by atoms with van der Waals surface area (Å²) in [5.74, 6) is 1.63. The van der Waals surface area contributed by atoms with Crippen LogP contribution in [0.15, 0.2) is 65.1 Å². The Bertz CT molecular complexity index is 1270. The maximum atomic E-state index is 12.0. The van der Waals surface area contributed by atoms with E-state index >= 15 is 0 Å². The Morgan fingerprint density at radius 2 is 1.81 bits per heavy atom. The smallest absolute Gasteiger partial charge is 0.338 e. The Morgan fingerprint density at radius 3 is 2.49 bits per heavy atom. The number of nitrogens with one attached hydrogen (secondary N) is 1. The molecule has 0 radical (unpaired) electrons. The Morgan fingerprint density at radius 1 is 1.08 bits per heavy atom. The predicted octanol–water partition coefficient (Wildman–Crippen LogP) is 6.02. The summed E-state index contributed by atoms with van der Waals surface area (Å²) in [6, 6.07) is 18.7. The highest BCUT2D eigenvalue weighted by atomic mass is 79.9. The molecule has 9 heteroatoms. The van der Waals surface area contributed by atoms with Crippen LogP contribution in [-0.2, 0) is 11.2 Å². The molecule has 194 valence electrons. The third-order valence-electron chi connectivity index (χ3n) is 6.11. The summed E-state index contributed by atoms with van der Waals surface area (Å²) < 4.78 is 23.4. The molecule has 4 rings (SSSR count). The highest BCUT2D eigenvalue weighted by Crippen LogP contribution is 2.38. The lowest BCUT2D eigenvalue weighted by Gasteiger charge is -2.39. The summed E-state index contributed by atoms with van der Waals surface area (Å²) >= 11 is 9.37. The quantitative estimate of drug-likeness (QED) is 0.255. The van der Waals surface area contributed by atoms with Gasteiger partial charge in [-0.2, -0.15) is 0 Å². The number of carbonyl (C=O) groups excluding carboxylic acids is 1. The fourth-order valence-corrected chi connectivity index (χ4v) is 5.02. The summed E-state index contributed by atoms with van der Waals surface area (Å²) in [7, 11) is 3.26. The van der Waals surface area contributed by atoms with Gasteiger partial charge in [0.2, 0.25) is 0 Å². The van der Waals surface area contributed by atoms with E-state index in [1.807, 2.05) is 36.4 Å². The third kappa shape index (κ3) is 6.34. The number of ether oxygens (including phenoxy) is 4. The van der Waals surface area contributed by atoms with Crippen LogP contribution in [0, 0.1) is 0 Å². The maximum absolute atomic E-state index is 12.0. The van der Waals surface area contributed by atoms with Crippen LogP contribution in [0.25, 0.3) is 0 Å². The molecule has 1 heterocycles. The van der Waals surface area contributed by atoms with Gasteiger partial charge in [-0.15, -0.1) is 0 Å². The van der Waals surface area contributed by atoms with Gasteiger partial charge in [0.1, 0.15) is 12.4 Å². The molecule has 3 aromatic rings. The van der Waals surface area contributed by atoms with E-state index in [2.05, 4.69) is 26.1 Å². The molecule has 0 unspecified atom stereocenters. The van der Waals surface area contributed by atoms with Gasteiger partial charge in [-0.25, -0.2) is 4.79 Å². The van der Waals surface area contributed by atoms with E-state index in [1.165, 1.54) is 0 Å². The lowest BCUT2D eigenvalue weighted by molar-refractivity contribution is 0.0526. The SMILES string of the molecule is CCOC(=O)c1ccc(OC[C@H]2c3cc(OC)c(OC)cc3CCN2C(=S)Nc2cccc(Br)c2)cc1. The Kier molecular flexibility index (Phi) is 8.89. The molecule has 0 fully saturated rings. The molecule has 0 aromatic heterocycles. The van der Waals surface area contributed by atoms with E-state index < -0.39 is 0 Å². The number of hydrogen-bond acceptors (Lipinski definition) is 6. The van der Waals surface area contributed by atoms with Crippen LogP contribution < -0.4 is 19.5 Å². The molecule has 7 nitrogen and oxygen atoms in total. The van der Waals surface area contributed by atoms with Crippen LogP contribution >= 0.6 is 28.1 Å². The van der Waals surface area contributed by atoms with E-state index in [0.717, 1.165) is 27.7 Å². The van der Waals surface area contributed by atoms with Gasteiger partial charge < -0.3 is 29.2 Å². The van der Waals surface area contributed by atoms with Crippen molar-refractivity contribution in [1.82, 2.24) is 4.90 Å². The van der Waals surface area contributed by atoms with Crippen LogP contribution in [0.2, 0.25) is 0 Å². The van der Waals surface area contributed by atoms with Gasteiger partial charge in [-0.05, 0) is 91.3 Å². The standard InChI is InChI=1S/C28H29BrN2O5S/c1-4-35-27(32)18-8-10-22(11-9-18)36-17-24-23-16-26(34-3)25(33-2)14-19(23)12-13-31(24)28(37)30-21-7-5-6-20(29)15-21/h5-11,14-16,24H,4,12-13,17H2,1-3H3,(H,30,37)/t24-/m0/s1. The van der Waals surface area contributed by atoms with E-state index in [0.29, 0.717) is 47.7 Å². The van der Waals surface area contributed by atoms with E-state index in [9.17, 15) is 4.79 Å². The molecule has 0 saturated heterocycles. The normalized spacial score (nSPS) is 14.4. The van der Waals surface area contributed by atoms with E-state index in [4.69, 9.17) is 31.2 Å². The van der Waals surface area contributed by atoms with Crippen molar-refractivity contribution in [3.8, 4) is 17.2 Å². The number of rotatable bonds is 8. The first-order valence-electron chi connectivity index (χ1n) is 11.9. The van der Waals surface area contributed by atoms with Crippen molar-refractivity contribution in [3.05, 3.63) is 81.8 Å². The first kappa shape index (κ1) is 26.8. The number of fused-ring (bicyclic) bond motifs is 1. The molecule has 1 N–H and O–H groups in total. The average molecular weight is 586 g/mol. The second-order valence-corrected chi connectivity index (χ2v) is 9.66. The lowest BCUT2D eigenvalue weighted by atomic mass is 9.92.